The monoisotopic (exact) mass is 398 g/mol. The molecule has 0 aliphatic carbocycles. The largest absolute Gasteiger partial charge is 0.383 e. The predicted molar refractivity (Wildman–Crippen MR) is 103 cm³/mol. The van der Waals surface area contributed by atoms with E-state index in [2.05, 4.69) is 9.97 Å². The number of benzene rings is 2. The number of para-hydroxylation sites is 1. The number of ether oxygens (including phenoxy) is 1. The van der Waals surface area contributed by atoms with Crippen molar-refractivity contribution >= 4 is 20.9 Å². The number of sulfonamides is 1. The Morgan fingerprint density at radius 2 is 1.89 bits per heavy atom. The minimum atomic E-state index is -3.88. The van der Waals surface area contributed by atoms with Crippen LogP contribution in [0.1, 0.15) is 11.4 Å². The van der Waals surface area contributed by atoms with E-state index in [1.54, 1.807) is 24.3 Å². The quantitative estimate of drug-likeness (QED) is 0.647. The van der Waals surface area contributed by atoms with Gasteiger partial charge in [0.05, 0.1) is 40.6 Å². The Hall–Kier alpha value is -3.06. The molecule has 0 saturated carbocycles. The van der Waals surface area contributed by atoms with E-state index in [1.165, 1.54) is 35.7 Å². The number of nitrogens with one attached hydrogen (secondary N) is 1. The van der Waals surface area contributed by atoms with E-state index in [0.29, 0.717) is 16.5 Å². The highest BCUT2D eigenvalue weighted by Crippen LogP contribution is 2.18. The number of nitriles is 1. The van der Waals surface area contributed by atoms with E-state index in [9.17, 15) is 13.2 Å². The molecule has 0 radical (unpaired) electrons. The van der Waals surface area contributed by atoms with Gasteiger partial charge in [-0.1, -0.05) is 12.1 Å². The van der Waals surface area contributed by atoms with E-state index in [4.69, 9.17) is 10.00 Å². The fraction of sp³-hybridized carbons (Fsp3) is 0.211. The predicted octanol–water partition coefficient (Wildman–Crippen LogP) is 1.63. The molecule has 0 spiro atoms. The summed E-state index contributed by atoms with van der Waals surface area (Å²) >= 11 is 0. The van der Waals surface area contributed by atoms with Gasteiger partial charge < -0.3 is 9.72 Å². The molecule has 0 fully saturated rings. The highest BCUT2D eigenvalue weighted by molar-refractivity contribution is 7.89. The van der Waals surface area contributed by atoms with E-state index >= 15 is 0 Å². The molecule has 3 aromatic rings. The van der Waals surface area contributed by atoms with Crippen LogP contribution in [0.4, 0.5) is 0 Å². The Morgan fingerprint density at radius 1 is 1.18 bits per heavy atom. The Bertz CT molecular complexity index is 1180. The van der Waals surface area contributed by atoms with Gasteiger partial charge in [0, 0.05) is 13.7 Å². The SMILES string of the molecule is COCCN(Cc1nc2ccccc2c(=O)[nH]1)S(=O)(=O)c1ccc(C#N)cc1. The van der Waals surface area contributed by atoms with Crippen LogP contribution in [0.15, 0.2) is 58.2 Å². The maximum atomic E-state index is 13.1. The van der Waals surface area contributed by atoms with Crippen molar-refractivity contribution in [2.45, 2.75) is 11.4 Å². The molecule has 144 valence electrons. The van der Waals surface area contributed by atoms with E-state index in [0.717, 1.165) is 0 Å². The zero-order valence-corrected chi connectivity index (χ0v) is 15.9. The summed E-state index contributed by atoms with van der Waals surface area (Å²) in [5, 5.41) is 9.33. The average molecular weight is 398 g/mol. The van der Waals surface area contributed by atoms with Crippen molar-refractivity contribution in [3.05, 3.63) is 70.3 Å². The molecule has 0 bridgehead atoms. The van der Waals surface area contributed by atoms with Crippen LogP contribution in [0.2, 0.25) is 0 Å². The molecule has 0 aliphatic rings. The Labute approximate surface area is 162 Å². The molecule has 8 nitrogen and oxygen atoms in total. The molecule has 0 unspecified atom stereocenters. The number of rotatable bonds is 7. The Morgan fingerprint density at radius 3 is 2.57 bits per heavy atom. The van der Waals surface area contributed by atoms with E-state index < -0.39 is 10.0 Å². The van der Waals surface area contributed by atoms with Crippen molar-refractivity contribution in [2.75, 3.05) is 20.3 Å². The number of nitrogens with zero attached hydrogens (tertiary/aromatic N) is 3. The van der Waals surface area contributed by atoms with Gasteiger partial charge in [-0.2, -0.15) is 9.57 Å². The molecule has 1 heterocycles. The zero-order valence-electron chi connectivity index (χ0n) is 15.1. The first kappa shape index (κ1) is 19.7. The van der Waals surface area contributed by atoms with Crippen LogP contribution in [0, 0.1) is 11.3 Å². The summed E-state index contributed by atoms with van der Waals surface area (Å²) in [6.45, 7) is 0.133. The second-order valence-corrected chi connectivity index (χ2v) is 7.94. The third-order valence-electron chi connectivity index (χ3n) is 4.15. The van der Waals surface area contributed by atoms with Crippen LogP contribution < -0.4 is 5.56 Å². The van der Waals surface area contributed by atoms with Gasteiger partial charge in [0.1, 0.15) is 5.82 Å². The van der Waals surface area contributed by atoms with Crippen molar-refractivity contribution in [1.29, 1.82) is 5.26 Å². The number of fused-ring (bicyclic) bond motifs is 1. The molecule has 3 rings (SSSR count). The lowest BCUT2D eigenvalue weighted by molar-refractivity contribution is 0.176. The maximum absolute atomic E-state index is 13.1. The van der Waals surface area contributed by atoms with E-state index in [1.807, 2.05) is 6.07 Å². The molecular weight excluding hydrogens is 380 g/mol. The zero-order chi connectivity index (χ0) is 20.1. The van der Waals surface area contributed by atoms with Gasteiger partial charge in [0.2, 0.25) is 10.0 Å². The van der Waals surface area contributed by atoms with Crippen molar-refractivity contribution < 1.29 is 13.2 Å². The van der Waals surface area contributed by atoms with Crippen LogP contribution >= 0.6 is 0 Å². The first-order valence-electron chi connectivity index (χ1n) is 8.43. The summed E-state index contributed by atoms with van der Waals surface area (Å²) in [7, 11) is -2.41. The van der Waals surface area contributed by atoms with Crippen molar-refractivity contribution in [3.63, 3.8) is 0 Å². The molecule has 9 heteroatoms. The first-order chi connectivity index (χ1) is 13.5. The van der Waals surface area contributed by atoms with Gasteiger partial charge in [0.15, 0.2) is 0 Å². The second-order valence-electron chi connectivity index (χ2n) is 6.00. The van der Waals surface area contributed by atoms with Crippen molar-refractivity contribution in [1.82, 2.24) is 14.3 Å². The van der Waals surface area contributed by atoms with E-state index in [-0.39, 0.29) is 36.0 Å². The normalized spacial score (nSPS) is 11.6. The highest BCUT2D eigenvalue weighted by Gasteiger charge is 2.25. The highest BCUT2D eigenvalue weighted by atomic mass is 32.2. The van der Waals surface area contributed by atoms with Crippen molar-refractivity contribution in [2.24, 2.45) is 0 Å². The summed E-state index contributed by atoms with van der Waals surface area (Å²) in [5.74, 6) is 0.233. The van der Waals surface area contributed by atoms with Crippen molar-refractivity contribution in [3.8, 4) is 6.07 Å². The lowest BCUT2D eigenvalue weighted by atomic mass is 10.2. The Balaban J connectivity index is 1.98. The summed E-state index contributed by atoms with van der Waals surface area (Å²) in [4.78, 5) is 19.3. The number of methoxy groups -OCH3 is 1. The number of aromatic amines is 1. The number of H-pyrrole nitrogens is 1. The van der Waals surface area contributed by atoms with Gasteiger partial charge in [-0.15, -0.1) is 0 Å². The fourth-order valence-corrected chi connectivity index (χ4v) is 4.09. The average Bonchev–Trinajstić information content (AvgIpc) is 2.71. The third-order valence-corrected chi connectivity index (χ3v) is 6.01. The van der Waals surface area contributed by atoms with Crippen LogP contribution in [-0.2, 0) is 21.3 Å². The Kier molecular flexibility index (Phi) is 5.84. The second kappa shape index (κ2) is 8.31. The standard InChI is InChI=1S/C19H18N4O4S/c1-27-11-10-23(28(25,26)15-8-6-14(12-20)7-9-15)13-18-21-17-5-3-2-4-16(17)19(24)22-18/h2-9H,10-11,13H2,1H3,(H,21,22,24). The van der Waals surface area contributed by atoms with Gasteiger partial charge in [-0.25, -0.2) is 13.4 Å². The van der Waals surface area contributed by atoms with Gasteiger partial charge in [-0.3, -0.25) is 4.79 Å². The van der Waals surface area contributed by atoms with Crippen LogP contribution in [0.25, 0.3) is 10.9 Å². The summed E-state index contributed by atoms with van der Waals surface area (Å²) < 4.78 is 32.3. The molecule has 0 amide bonds. The number of hydrogen-bond acceptors (Lipinski definition) is 6. The lowest BCUT2D eigenvalue weighted by Gasteiger charge is -2.21. The summed E-state index contributed by atoms with van der Waals surface area (Å²) in [5.41, 5.74) is 0.523. The molecule has 0 aliphatic heterocycles. The lowest BCUT2D eigenvalue weighted by Crippen LogP contribution is -2.34. The fourth-order valence-electron chi connectivity index (χ4n) is 2.70. The minimum absolute atomic E-state index is 0.0470. The molecule has 2 aromatic carbocycles. The third kappa shape index (κ3) is 4.09. The molecule has 0 saturated heterocycles. The molecule has 1 aromatic heterocycles. The molecular formula is C19H18N4O4S. The number of aromatic nitrogens is 2. The molecule has 0 atom stereocenters. The topological polar surface area (TPSA) is 116 Å². The number of hydrogen-bond donors (Lipinski definition) is 1. The van der Waals surface area contributed by atoms with Gasteiger partial charge >= 0.3 is 0 Å². The van der Waals surface area contributed by atoms with Gasteiger partial charge in [0.25, 0.3) is 5.56 Å². The van der Waals surface area contributed by atoms with Gasteiger partial charge in [-0.05, 0) is 36.4 Å². The smallest absolute Gasteiger partial charge is 0.258 e. The summed E-state index contributed by atoms with van der Waals surface area (Å²) in [6.07, 6.45) is 0. The summed E-state index contributed by atoms with van der Waals surface area (Å²) in [6, 6.07) is 14.4. The molecule has 28 heavy (non-hydrogen) atoms. The first-order valence-corrected chi connectivity index (χ1v) is 9.87. The minimum Gasteiger partial charge on any atom is -0.383 e. The van der Waals surface area contributed by atoms with Crippen LogP contribution in [0.5, 0.6) is 0 Å². The van der Waals surface area contributed by atoms with Crippen LogP contribution in [0.3, 0.4) is 0 Å². The maximum Gasteiger partial charge on any atom is 0.258 e. The van der Waals surface area contributed by atoms with Crippen LogP contribution in [-0.4, -0.2) is 43.0 Å². The molecule has 1 N–H and O–H groups in total.